The van der Waals surface area contributed by atoms with E-state index < -0.39 is 0 Å². The summed E-state index contributed by atoms with van der Waals surface area (Å²) in [5.41, 5.74) is 7.10. The largest absolute Gasteiger partial charge is 0.358 e. The maximum Gasteiger partial charge on any atom is 0.255 e. The Morgan fingerprint density at radius 2 is 2.24 bits per heavy atom. The average molecular weight is 288 g/mol. The molecule has 0 aromatic carbocycles. The van der Waals surface area contributed by atoms with E-state index in [4.69, 9.17) is 5.73 Å². The zero-order valence-corrected chi connectivity index (χ0v) is 11.5. The van der Waals surface area contributed by atoms with Crippen LogP contribution in [0.25, 0.3) is 0 Å². The average Bonchev–Trinajstić information content (AvgIpc) is 2.94. The molecule has 0 saturated carbocycles. The molecule has 110 valence electrons. The lowest BCUT2D eigenvalue weighted by Crippen LogP contribution is -2.23. The Labute approximate surface area is 121 Å². The van der Waals surface area contributed by atoms with Gasteiger partial charge in [-0.1, -0.05) is 0 Å². The van der Waals surface area contributed by atoms with E-state index in [9.17, 15) is 9.59 Å². The zero-order chi connectivity index (χ0) is 15.2. The third-order valence-corrected chi connectivity index (χ3v) is 2.76. The Balaban J connectivity index is 2.04. The van der Waals surface area contributed by atoms with E-state index in [-0.39, 0.29) is 24.9 Å². The molecule has 2 rings (SSSR count). The second-order valence-corrected chi connectivity index (χ2v) is 4.29. The van der Waals surface area contributed by atoms with Crippen molar-refractivity contribution in [3.63, 3.8) is 0 Å². The number of nitrogens with zero attached hydrogens (tertiary/aromatic N) is 3. The van der Waals surface area contributed by atoms with Crippen molar-refractivity contribution in [2.24, 2.45) is 5.73 Å². The Hall–Kier alpha value is -2.74. The fourth-order valence-electron chi connectivity index (χ4n) is 1.68. The SMILES string of the molecule is CNC(=O)Cn1cc(NC(=O)c2ccnc(CN)c2)cn1. The van der Waals surface area contributed by atoms with Crippen molar-refractivity contribution in [1.82, 2.24) is 20.1 Å². The van der Waals surface area contributed by atoms with Crippen LogP contribution in [0.5, 0.6) is 0 Å². The van der Waals surface area contributed by atoms with Crippen LogP contribution in [0.2, 0.25) is 0 Å². The van der Waals surface area contributed by atoms with Gasteiger partial charge in [-0.15, -0.1) is 0 Å². The smallest absolute Gasteiger partial charge is 0.255 e. The standard InChI is InChI=1S/C13H16N6O2/c1-15-12(20)8-19-7-11(6-17-19)18-13(21)9-2-3-16-10(4-9)5-14/h2-4,6-7H,5,8,14H2,1H3,(H,15,20)(H,18,21). The number of carbonyl (C=O) groups excluding carboxylic acids is 2. The number of rotatable bonds is 5. The quantitative estimate of drug-likeness (QED) is 0.701. The molecule has 0 bridgehead atoms. The first-order valence-electron chi connectivity index (χ1n) is 6.31. The fourth-order valence-corrected chi connectivity index (χ4v) is 1.68. The maximum atomic E-state index is 12.1. The lowest BCUT2D eigenvalue weighted by Gasteiger charge is -2.03. The molecule has 0 aliphatic heterocycles. The number of nitrogens with two attached hydrogens (primary N) is 1. The van der Waals surface area contributed by atoms with E-state index in [0.717, 1.165) is 0 Å². The molecule has 0 aliphatic rings. The maximum absolute atomic E-state index is 12.1. The molecule has 0 unspecified atom stereocenters. The molecule has 8 heteroatoms. The molecule has 2 aromatic rings. The van der Waals surface area contributed by atoms with E-state index in [1.54, 1.807) is 25.4 Å². The number of hydrogen-bond donors (Lipinski definition) is 3. The number of amides is 2. The van der Waals surface area contributed by atoms with Crippen molar-refractivity contribution < 1.29 is 9.59 Å². The predicted molar refractivity (Wildman–Crippen MR) is 76.4 cm³/mol. The fraction of sp³-hybridized carbons (Fsp3) is 0.231. The van der Waals surface area contributed by atoms with Crippen LogP contribution in [-0.4, -0.2) is 33.6 Å². The number of likely N-dealkylation sites (N-methyl/N-ethyl adjacent to an activating group) is 1. The third-order valence-electron chi connectivity index (χ3n) is 2.76. The third kappa shape index (κ3) is 3.86. The van der Waals surface area contributed by atoms with Crippen LogP contribution in [0.4, 0.5) is 5.69 Å². The highest BCUT2D eigenvalue weighted by molar-refractivity contribution is 6.04. The number of pyridine rings is 1. The van der Waals surface area contributed by atoms with Crippen LogP contribution < -0.4 is 16.4 Å². The molecule has 2 amide bonds. The van der Waals surface area contributed by atoms with E-state index in [1.807, 2.05) is 0 Å². The van der Waals surface area contributed by atoms with Crippen LogP contribution in [0, 0.1) is 0 Å². The number of carbonyl (C=O) groups is 2. The van der Waals surface area contributed by atoms with Gasteiger partial charge in [0.05, 0.1) is 17.6 Å². The summed E-state index contributed by atoms with van der Waals surface area (Å²) >= 11 is 0. The minimum atomic E-state index is -0.286. The van der Waals surface area contributed by atoms with Gasteiger partial charge in [0.1, 0.15) is 6.54 Å². The molecule has 4 N–H and O–H groups in total. The van der Waals surface area contributed by atoms with E-state index in [2.05, 4.69) is 20.7 Å². The number of hydrogen-bond acceptors (Lipinski definition) is 5. The van der Waals surface area contributed by atoms with Gasteiger partial charge >= 0.3 is 0 Å². The second-order valence-electron chi connectivity index (χ2n) is 4.29. The van der Waals surface area contributed by atoms with Gasteiger partial charge in [0, 0.05) is 31.5 Å². The zero-order valence-electron chi connectivity index (χ0n) is 11.5. The lowest BCUT2D eigenvalue weighted by atomic mass is 10.2. The van der Waals surface area contributed by atoms with E-state index in [1.165, 1.54) is 17.1 Å². The predicted octanol–water partition coefficient (Wildman–Crippen LogP) is -0.265. The summed E-state index contributed by atoms with van der Waals surface area (Å²) < 4.78 is 1.44. The summed E-state index contributed by atoms with van der Waals surface area (Å²) in [4.78, 5) is 27.3. The van der Waals surface area contributed by atoms with Crippen LogP contribution in [0.3, 0.4) is 0 Å². The van der Waals surface area contributed by atoms with Crippen LogP contribution >= 0.6 is 0 Å². The molecule has 8 nitrogen and oxygen atoms in total. The second kappa shape index (κ2) is 6.62. The van der Waals surface area contributed by atoms with Crippen molar-refractivity contribution in [3.05, 3.63) is 42.0 Å². The van der Waals surface area contributed by atoms with Gasteiger partial charge in [0.2, 0.25) is 5.91 Å². The monoisotopic (exact) mass is 288 g/mol. The number of anilines is 1. The Kier molecular flexibility index (Phi) is 4.62. The van der Waals surface area contributed by atoms with Gasteiger partial charge in [-0.3, -0.25) is 19.3 Å². The van der Waals surface area contributed by atoms with Crippen molar-refractivity contribution >= 4 is 17.5 Å². The molecular formula is C13H16N6O2. The highest BCUT2D eigenvalue weighted by Crippen LogP contribution is 2.09. The molecule has 0 radical (unpaired) electrons. The normalized spacial score (nSPS) is 10.2. The molecule has 0 fully saturated rings. The van der Waals surface area contributed by atoms with Crippen LogP contribution in [0.1, 0.15) is 16.1 Å². The topological polar surface area (TPSA) is 115 Å². The van der Waals surface area contributed by atoms with Gasteiger partial charge in [0.25, 0.3) is 5.91 Å². The minimum Gasteiger partial charge on any atom is -0.358 e. The van der Waals surface area contributed by atoms with E-state index in [0.29, 0.717) is 16.9 Å². The highest BCUT2D eigenvalue weighted by Gasteiger charge is 2.09. The number of nitrogens with one attached hydrogen (secondary N) is 2. The van der Waals surface area contributed by atoms with Gasteiger partial charge in [-0.25, -0.2) is 0 Å². The molecular weight excluding hydrogens is 272 g/mol. The van der Waals surface area contributed by atoms with Gasteiger partial charge in [-0.2, -0.15) is 5.10 Å². The summed E-state index contributed by atoms with van der Waals surface area (Å²) in [7, 11) is 1.55. The molecule has 0 saturated heterocycles. The summed E-state index contributed by atoms with van der Waals surface area (Å²) in [6.45, 7) is 0.365. The van der Waals surface area contributed by atoms with Crippen molar-refractivity contribution in [3.8, 4) is 0 Å². The Bertz CT molecular complexity index is 652. The van der Waals surface area contributed by atoms with Crippen molar-refractivity contribution in [2.75, 3.05) is 12.4 Å². The molecule has 21 heavy (non-hydrogen) atoms. The first-order chi connectivity index (χ1) is 10.1. The van der Waals surface area contributed by atoms with Gasteiger partial charge < -0.3 is 16.4 Å². The van der Waals surface area contributed by atoms with Gasteiger partial charge in [0.15, 0.2) is 0 Å². The molecule has 0 aliphatic carbocycles. The molecule has 2 heterocycles. The van der Waals surface area contributed by atoms with Crippen LogP contribution in [-0.2, 0) is 17.9 Å². The summed E-state index contributed by atoms with van der Waals surface area (Å²) in [6, 6.07) is 3.23. The van der Waals surface area contributed by atoms with E-state index >= 15 is 0 Å². The van der Waals surface area contributed by atoms with Crippen molar-refractivity contribution in [2.45, 2.75) is 13.1 Å². The molecule has 0 spiro atoms. The van der Waals surface area contributed by atoms with Crippen molar-refractivity contribution in [1.29, 1.82) is 0 Å². The minimum absolute atomic E-state index is 0.0962. The summed E-state index contributed by atoms with van der Waals surface area (Å²) in [5, 5.41) is 9.19. The molecule has 2 aromatic heterocycles. The highest BCUT2D eigenvalue weighted by atomic mass is 16.2. The van der Waals surface area contributed by atoms with Gasteiger partial charge in [-0.05, 0) is 12.1 Å². The molecule has 0 atom stereocenters. The summed E-state index contributed by atoms with van der Waals surface area (Å²) in [6.07, 6.45) is 4.59. The number of aromatic nitrogens is 3. The first-order valence-corrected chi connectivity index (χ1v) is 6.31. The summed E-state index contributed by atoms with van der Waals surface area (Å²) in [5.74, 6) is -0.454. The first kappa shape index (κ1) is 14.7. The van der Waals surface area contributed by atoms with Crippen LogP contribution in [0.15, 0.2) is 30.7 Å². The Morgan fingerprint density at radius 1 is 1.43 bits per heavy atom. The Morgan fingerprint density at radius 3 is 2.95 bits per heavy atom. The lowest BCUT2D eigenvalue weighted by molar-refractivity contribution is -0.121.